The summed E-state index contributed by atoms with van der Waals surface area (Å²) in [5.41, 5.74) is -0.147. The van der Waals surface area contributed by atoms with E-state index in [0.29, 0.717) is 17.9 Å². The summed E-state index contributed by atoms with van der Waals surface area (Å²) in [5, 5.41) is 2.87. The standard InChI is InChI=1S/C21H20F3N3O2.ClH/c1-27(2)11-12-29-15-5-3-14(4-6-15)20(28)26-19-8-7-18(21(22,23)24)16-9-10-25-13-17(16)19;/h3-10,13H,11-12H2,1-2H3,(H,26,28);1H. The van der Waals surface area contributed by atoms with E-state index in [1.807, 2.05) is 19.0 Å². The van der Waals surface area contributed by atoms with E-state index in [-0.39, 0.29) is 28.9 Å². The van der Waals surface area contributed by atoms with Gasteiger partial charge in [-0.15, -0.1) is 12.4 Å². The number of ether oxygens (including phenoxy) is 1. The van der Waals surface area contributed by atoms with Gasteiger partial charge in [-0.1, -0.05) is 0 Å². The zero-order chi connectivity index (χ0) is 21.0. The number of carbonyl (C=O) groups excluding carboxylic acids is 1. The summed E-state index contributed by atoms with van der Waals surface area (Å²) >= 11 is 0. The predicted octanol–water partition coefficient (Wildman–Crippen LogP) is 4.87. The van der Waals surface area contributed by atoms with Crippen molar-refractivity contribution in [3.63, 3.8) is 0 Å². The molecule has 5 nitrogen and oxygen atoms in total. The van der Waals surface area contributed by atoms with Crippen molar-refractivity contribution in [1.82, 2.24) is 9.88 Å². The molecule has 0 bridgehead atoms. The van der Waals surface area contributed by atoms with Crippen LogP contribution in [0.3, 0.4) is 0 Å². The maximum absolute atomic E-state index is 13.2. The Morgan fingerprint density at radius 2 is 1.77 bits per heavy atom. The number of nitrogens with one attached hydrogen (secondary N) is 1. The Hall–Kier alpha value is -2.84. The maximum Gasteiger partial charge on any atom is 0.417 e. The Labute approximate surface area is 178 Å². The molecule has 0 aliphatic heterocycles. The van der Waals surface area contributed by atoms with E-state index in [4.69, 9.17) is 4.74 Å². The molecule has 1 heterocycles. The molecule has 9 heteroatoms. The molecule has 30 heavy (non-hydrogen) atoms. The fraction of sp³-hybridized carbons (Fsp3) is 0.238. The van der Waals surface area contributed by atoms with E-state index in [0.717, 1.165) is 12.6 Å². The molecule has 3 aromatic rings. The highest BCUT2D eigenvalue weighted by Crippen LogP contribution is 2.37. The molecule has 0 atom stereocenters. The van der Waals surface area contributed by atoms with Crippen molar-refractivity contribution in [2.45, 2.75) is 6.18 Å². The topological polar surface area (TPSA) is 54.5 Å². The minimum atomic E-state index is -4.50. The van der Waals surface area contributed by atoms with Gasteiger partial charge >= 0.3 is 6.18 Å². The number of benzene rings is 2. The molecule has 160 valence electrons. The lowest BCUT2D eigenvalue weighted by Gasteiger charge is -2.14. The van der Waals surface area contributed by atoms with Gasteiger partial charge in [0.25, 0.3) is 5.91 Å². The van der Waals surface area contributed by atoms with Gasteiger partial charge in [-0.25, -0.2) is 0 Å². The molecule has 3 rings (SSSR count). The van der Waals surface area contributed by atoms with Gasteiger partial charge in [-0.2, -0.15) is 13.2 Å². The number of hydrogen-bond acceptors (Lipinski definition) is 4. The second kappa shape index (κ2) is 9.77. The monoisotopic (exact) mass is 439 g/mol. The molecule has 0 unspecified atom stereocenters. The fourth-order valence-corrected chi connectivity index (χ4v) is 2.79. The first-order valence-electron chi connectivity index (χ1n) is 8.88. The van der Waals surface area contributed by atoms with Crippen LogP contribution in [0.4, 0.5) is 18.9 Å². The number of fused-ring (bicyclic) bond motifs is 1. The van der Waals surface area contributed by atoms with Crippen molar-refractivity contribution in [2.75, 3.05) is 32.6 Å². The number of amides is 1. The van der Waals surface area contributed by atoms with E-state index in [2.05, 4.69) is 10.3 Å². The number of anilines is 1. The van der Waals surface area contributed by atoms with E-state index in [1.54, 1.807) is 24.3 Å². The van der Waals surface area contributed by atoms with Crippen LogP contribution in [0.15, 0.2) is 54.9 Å². The van der Waals surface area contributed by atoms with Crippen LogP contribution < -0.4 is 10.1 Å². The molecule has 2 aromatic carbocycles. The van der Waals surface area contributed by atoms with Gasteiger partial charge < -0.3 is 15.0 Å². The van der Waals surface area contributed by atoms with Crippen molar-refractivity contribution in [3.05, 3.63) is 66.0 Å². The summed E-state index contributed by atoms with van der Waals surface area (Å²) in [4.78, 5) is 18.4. The molecule has 0 spiro atoms. The molecule has 0 aliphatic carbocycles. The highest BCUT2D eigenvalue weighted by atomic mass is 35.5. The molecule has 1 amide bonds. The predicted molar refractivity (Wildman–Crippen MR) is 112 cm³/mol. The second-order valence-corrected chi connectivity index (χ2v) is 6.71. The van der Waals surface area contributed by atoms with Crippen LogP contribution in [0.25, 0.3) is 10.8 Å². The lowest BCUT2D eigenvalue weighted by atomic mass is 10.0. The van der Waals surface area contributed by atoms with Crippen LogP contribution in [0.5, 0.6) is 5.75 Å². The molecule has 1 N–H and O–H groups in total. The Bertz CT molecular complexity index is 1010. The van der Waals surface area contributed by atoms with Gasteiger partial charge in [0, 0.05) is 29.9 Å². The number of carbonyl (C=O) groups is 1. The van der Waals surface area contributed by atoms with Gasteiger partial charge in [0.05, 0.1) is 11.3 Å². The van der Waals surface area contributed by atoms with E-state index < -0.39 is 17.6 Å². The number of nitrogens with zero attached hydrogens (tertiary/aromatic N) is 2. The van der Waals surface area contributed by atoms with E-state index >= 15 is 0 Å². The quantitative estimate of drug-likeness (QED) is 0.595. The smallest absolute Gasteiger partial charge is 0.417 e. The average Bonchev–Trinajstić information content (AvgIpc) is 2.67. The number of hydrogen-bond donors (Lipinski definition) is 1. The number of pyridine rings is 1. The average molecular weight is 440 g/mol. The zero-order valence-electron chi connectivity index (χ0n) is 16.4. The lowest BCUT2D eigenvalue weighted by Crippen LogP contribution is -2.19. The number of rotatable bonds is 6. The highest BCUT2D eigenvalue weighted by molar-refractivity contribution is 6.09. The third-order valence-electron chi connectivity index (χ3n) is 4.30. The summed E-state index contributed by atoms with van der Waals surface area (Å²) in [5.74, 6) is 0.197. The lowest BCUT2D eigenvalue weighted by molar-refractivity contribution is -0.136. The van der Waals surface area contributed by atoms with Crippen LogP contribution in [-0.2, 0) is 6.18 Å². The van der Waals surface area contributed by atoms with Gasteiger partial charge in [0.2, 0.25) is 0 Å². The molecular weight excluding hydrogens is 419 g/mol. The zero-order valence-corrected chi connectivity index (χ0v) is 17.2. The van der Waals surface area contributed by atoms with Crippen LogP contribution in [0.2, 0.25) is 0 Å². The Morgan fingerprint density at radius 3 is 2.40 bits per heavy atom. The van der Waals surface area contributed by atoms with Crippen LogP contribution >= 0.6 is 12.4 Å². The van der Waals surface area contributed by atoms with Crippen molar-refractivity contribution >= 4 is 34.8 Å². The third kappa shape index (κ3) is 5.61. The van der Waals surface area contributed by atoms with Gasteiger partial charge in [-0.3, -0.25) is 9.78 Å². The van der Waals surface area contributed by atoms with Crippen LogP contribution in [-0.4, -0.2) is 43.0 Å². The van der Waals surface area contributed by atoms with Crippen molar-refractivity contribution < 1.29 is 22.7 Å². The van der Waals surface area contributed by atoms with Crippen LogP contribution in [0.1, 0.15) is 15.9 Å². The number of likely N-dealkylation sites (N-methyl/N-ethyl adjacent to an activating group) is 1. The normalized spacial score (nSPS) is 11.3. The first kappa shape index (κ1) is 23.4. The summed E-state index contributed by atoms with van der Waals surface area (Å²) in [6.45, 7) is 1.28. The molecule has 0 saturated carbocycles. The van der Waals surface area contributed by atoms with E-state index in [9.17, 15) is 18.0 Å². The Kier molecular flexibility index (Phi) is 7.64. The van der Waals surface area contributed by atoms with Gasteiger partial charge in [0.1, 0.15) is 12.4 Å². The first-order valence-corrected chi connectivity index (χ1v) is 8.88. The summed E-state index contributed by atoms with van der Waals surface area (Å²) in [6.07, 6.45) is -1.90. The molecule has 1 aromatic heterocycles. The summed E-state index contributed by atoms with van der Waals surface area (Å²) < 4.78 is 45.3. The van der Waals surface area contributed by atoms with Crippen molar-refractivity contribution in [3.8, 4) is 5.75 Å². The minimum absolute atomic E-state index is 0. The largest absolute Gasteiger partial charge is 0.492 e. The Morgan fingerprint density at radius 1 is 1.07 bits per heavy atom. The SMILES string of the molecule is CN(C)CCOc1ccc(C(=O)Nc2ccc(C(F)(F)F)c3ccncc23)cc1.Cl. The van der Waals surface area contributed by atoms with Crippen LogP contribution in [0, 0.1) is 0 Å². The molecule has 0 saturated heterocycles. The first-order chi connectivity index (χ1) is 13.8. The summed E-state index contributed by atoms with van der Waals surface area (Å²) in [7, 11) is 3.88. The molecule has 0 radical (unpaired) electrons. The molecular formula is C21H21ClF3N3O2. The molecule has 0 fully saturated rings. The second-order valence-electron chi connectivity index (χ2n) is 6.71. The fourth-order valence-electron chi connectivity index (χ4n) is 2.79. The highest BCUT2D eigenvalue weighted by Gasteiger charge is 2.33. The van der Waals surface area contributed by atoms with Gasteiger partial charge in [0.15, 0.2) is 0 Å². The molecule has 0 aliphatic rings. The minimum Gasteiger partial charge on any atom is -0.492 e. The number of halogens is 4. The number of aromatic nitrogens is 1. The van der Waals surface area contributed by atoms with Crippen molar-refractivity contribution in [2.24, 2.45) is 0 Å². The third-order valence-corrected chi connectivity index (χ3v) is 4.30. The summed E-state index contributed by atoms with van der Waals surface area (Å²) in [6, 6.07) is 10.0. The van der Waals surface area contributed by atoms with Gasteiger partial charge in [-0.05, 0) is 61.9 Å². The maximum atomic E-state index is 13.2. The Balaban J connectivity index is 0.00000320. The van der Waals surface area contributed by atoms with E-state index in [1.165, 1.54) is 24.5 Å². The number of alkyl halides is 3. The van der Waals surface area contributed by atoms with Crippen molar-refractivity contribution in [1.29, 1.82) is 0 Å².